The molecular weight excluding hydrogens is 314 g/mol. The molecule has 0 aromatic heterocycles. The van der Waals surface area contributed by atoms with Gasteiger partial charge in [-0.25, -0.2) is 0 Å². The van der Waals surface area contributed by atoms with E-state index in [0.29, 0.717) is 17.3 Å². The van der Waals surface area contributed by atoms with Gasteiger partial charge in [0.15, 0.2) is 0 Å². The SMILES string of the molecule is C[C@H](N)C(=O)Nc1ccc(C(=O)N(C)C2CCCCC2)cc1.Cl. The summed E-state index contributed by atoms with van der Waals surface area (Å²) in [4.78, 5) is 25.9. The molecular formula is C17H26ClN3O2. The molecule has 1 aliphatic rings. The zero-order chi connectivity index (χ0) is 16.1. The average molecular weight is 340 g/mol. The van der Waals surface area contributed by atoms with Crippen molar-refractivity contribution in [1.82, 2.24) is 4.90 Å². The molecule has 128 valence electrons. The second-order valence-electron chi connectivity index (χ2n) is 6.06. The molecule has 1 aliphatic carbocycles. The van der Waals surface area contributed by atoms with Gasteiger partial charge >= 0.3 is 0 Å². The van der Waals surface area contributed by atoms with E-state index < -0.39 is 6.04 Å². The highest BCUT2D eigenvalue weighted by molar-refractivity contribution is 5.97. The molecule has 0 heterocycles. The van der Waals surface area contributed by atoms with Crippen LogP contribution in [-0.4, -0.2) is 35.8 Å². The number of hydrogen-bond donors (Lipinski definition) is 2. The van der Waals surface area contributed by atoms with E-state index in [2.05, 4.69) is 5.32 Å². The second kappa shape index (κ2) is 8.89. The molecule has 6 heteroatoms. The summed E-state index contributed by atoms with van der Waals surface area (Å²) in [5.74, 6) is -0.199. The Labute approximate surface area is 144 Å². The summed E-state index contributed by atoms with van der Waals surface area (Å²) in [7, 11) is 1.88. The van der Waals surface area contributed by atoms with E-state index in [0.717, 1.165) is 12.8 Å². The summed E-state index contributed by atoms with van der Waals surface area (Å²) >= 11 is 0. The largest absolute Gasteiger partial charge is 0.339 e. The fourth-order valence-electron chi connectivity index (χ4n) is 2.79. The number of amides is 2. The van der Waals surface area contributed by atoms with E-state index in [1.807, 2.05) is 11.9 Å². The van der Waals surface area contributed by atoms with Gasteiger partial charge in [-0.1, -0.05) is 19.3 Å². The van der Waals surface area contributed by atoms with Crippen LogP contribution in [0, 0.1) is 0 Å². The summed E-state index contributed by atoms with van der Waals surface area (Å²) in [5, 5.41) is 2.71. The number of nitrogens with zero attached hydrogens (tertiary/aromatic N) is 1. The highest BCUT2D eigenvalue weighted by Gasteiger charge is 2.22. The first-order valence-corrected chi connectivity index (χ1v) is 7.92. The van der Waals surface area contributed by atoms with Gasteiger partial charge in [0.2, 0.25) is 5.91 Å². The Morgan fingerprint density at radius 3 is 2.26 bits per heavy atom. The lowest BCUT2D eigenvalue weighted by molar-refractivity contribution is -0.117. The Balaban J connectivity index is 0.00000264. The van der Waals surface area contributed by atoms with E-state index in [4.69, 9.17) is 5.73 Å². The van der Waals surface area contributed by atoms with E-state index in [-0.39, 0.29) is 24.2 Å². The smallest absolute Gasteiger partial charge is 0.253 e. The normalized spacial score (nSPS) is 16.1. The van der Waals surface area contributed by atoms with Gasteiger partial charge < -0.3 is 16.0 Å². The maximum atomic E-state index is 12.5. The molecule has 0 unspecified atom stereocenters. The molecule has 2 rings (SSSR count). The van der Waals surface area contributed by atoms with Crippen molar-refractivity contribution in [3.05, 3.63) is 29.8 Å². The number of halogens is 1. The van der Waals surface area contributed by atoms with Crippen LogP contribution in [0.25, 0.3) is 0 Å². The number of nitrogens with one attached hydrogen (secondary N) is 1. The van der Waals surface area contributed by atoms with Crippen LogP contribution in [0.5, 0.6) is 0 Å². The van der Waals surface area contributed by atoms with Crippen LogP contribution in [0.15, 0.2) is 24.3 Å². The molecule has 0 saturated heterocycles. The molecule has 1 aromatic rings. The lowest BCUT2D eigenvalue weighted by Crippen LogP contribution is -2.38. The number of benzene rings is 1. The van der Waals surface area contributed by atoms with E-state index >= 15 is 0 Å². The lowest BCUT2D eigenvalue weighted by atomic mass is 9.94. The molecule has 1 fully saturated rings. The first-order valence-electron chi connectivity index (χ1n) is 7.92. The summed E-state index contributed by atoms with van der Waals surface area (Å²) in [6.07, 6.45) is 5.84. The van der Waals surface area contributed by atoms with Crippen molar-refractivity contribution in [3.8, 4) is 0 Å². The third kappa shape index (κ3) is 5.22. The minimum absolute atomic E-state index is 0. The van der Waals surface area contributed by atoms with Crippen LogP contribution in [0.1, 0.15) is 49.4 Å². The van der Waals surface area contributed by atoms with Gasteiger partial charge in [-0.3, -0.25) is 9.59 Å². The van der Waals surface area contributed by atoms with Gasteiger partial charge in [-0.15, -0.1) is 12.4 Å². The summed E-state index contributed by atoms with van der Waals surface area (Å²) in [5.41, 5.74) is 6.81. The third-order valence-electron chi connectivity index (χ3n) is 4.26. The summed E-state index contributed by atoms with van der Waals surface area (Å²) in [6.45, 7) is 1.63. The van der Waals surface area contributed by atoms with Crippen molar-refractivity contribution in [2.24, 2.45) is 5.73 Å². The number of rotatable bonds is 4. The van der Waals surface area contributed by atoms with Gasteiger partial charge in [-0.2, -0.15) is 0 Å². The molecule has 5 nitrogen and oxygen atoms in total. The van der Waals surface area contributed by atoms with Crippen molar-refractivity contribution >= 4 is 29.9 Å². The number of carbonyl (C=O) groups is 2. The van der Waals surface area contributed by atoms with Gasteiger partial charge in [0.1, 0.15) is 0 Å². The Morgan fingerprint density at radius 1 is 1.17 bits per heavy atom. The minimum atomic E-state index is -0.557. The number of hydrogen-bond acceptors (Lipinski definition) is 3. The van der Waals surface area contributed by atoms with Crippen molar-refractivity contribution < 1.29 is 9.59 Å². The van der Waals surface area contributed by atoms with Crippen molar-refractivity contribution in [1.29, 1.82) is 0 Å². The maximum absolute atomic E-state index is 12.5. The van der Waals surface area contributed by atoms with Gasteiger partial charge in [0, 0.05) is 24.3 Å². The molecule has 0 spiro atoms. The third-order valence-corrected chi connectivity index (χ3v) is 4.26. The minimum Gasteiger partial charge on any atom is -0.339 e. The van der Waals surface area contributed by atoms with Gasteiger partial charge in [0.05, 0.1) is 6.04 Å². The predicted octanol–water partition coefficient (Wildman–Crippen LogP) is 2.80. The molecule has 0 bridgehead atoms. The second-order valence-corrected chi connectivity index (χ2v) is 6.06. The Bertz CT molecular complexity index is 525. The van der Waals surface area contributed by atoms with Crippen molar-refractivity contribution in [3.63, 3.8) is 0 Å². The van der Waals surface area contributed by atoms with E-state index in [9.17, 15) is 9.59 Å². The van der Waals surface area contributed by atoms with Crippen LogP contribution in [0.3, 0.4) is 0 Å². The maximum Gasteiger partial charge on any atom is 0.253 e. The van der Waals surface area contributed by atoms with Crippen LogP contribution in [-0.2, 0) is 4.79 Å². The molecule has 1 saturated carbocycles. The first kappa shape index (κ1) is 19.5. The summed E-state index contributed by atoms with van der Waals surface area (Å²) in [6, 6.07) is 6.76. The van der Waals surface area contributed by atoms with E-state index in [1.54, 1.807) is 31.2 Å². The van der Waals surface area contributed by atoms with Crippen LogP contribution < -0.4 is 11.1 Å². The molecule has 1 atom stereocenters. The highest BCUT2D eigenvalue weighted by atomic mass is 35.5. The van der Waals surface area contributed by atoms with Gasteiger partial charge in [-0.05, 0) is 44.0 Å². The Morgan fingerprint density at radius 2 is 1.74 bits per heavy atom. The predicted molar refractivity (Wildman–Crippen MR) is 94.9 cm³/mol. The van der Waals surface area contributed by atoms with Crippen LogP contribution in [0.4, 0.5) is 5.69 Å². The summed E-state index contributed by atoms with van der Waals surface area (Å²) < 4.78 is 0. The molecule has 23 heavy (non-hydrogen) atoms. The van der Waals surface area contributed by atoms with Gasteiger partial charge in [0.25, 0.3) is 5.91 Å². The quantitative estimate of drug-likeness (QED) is 0.885. The van der Waals surface area contributed by atoms with Crippen molar-refractivity contribution in [2.75, 3.05) is 12.4 Å². The molecule has 3 N–H and O–H groups in total. The van der Waals surface area contributed by atoms with E-state index in [1.165, 1.54) is 19.3 Å². The zero-order valence-electron chi connectivity index (χ0n) is 13.7. The molecule has 1 aromatic carbocycles. The average Bonchev–Trinajstić information content (AvgIpc) is 2.55. The number of nitrogens with two attached hydrogens (primary N) is 1. The number of carbonyl (C=O) groups excluding carboxylic acids is 2. The van der Waals surface area contributed by atoms with Crippen molar-refractivity contribution in [2.45, 2.75) is 51.1 Å². The Kier molecular flexibility index (Phi) is 7.52. The zero-order valence-corrected chi connectivity index (χ0v) is 14.6. The first-order chi connectivity index (χ1) is 10.5. The van der Waals surface area contributed by atoms with Crippen LogP contribution >= 0.6 is 12.4 Å². The fourth-order valence-corrected chi connectivity index (χ4v) is 2.79. The highest BCUT2D eigenvalue weighted by Crippen LogP contribution is 2.23. The molecule has 0 aliphatic heterocycles. The molecule has 0 radical (unpaired) electrons. The topological polar surface area (TPSA) is 75.4 Å². The van der Waals surface area contributed by atoms with Crippen LogP contribution in [0.2, 0.25) is 0 Å². The fraction of sp³-hybridized carbons (Fsp3) is 0.529. The Hall–Kier alpha value is -1.59. The lowest BCUT2D eigenvalue weighted by Gasteiger charge is -2.31. The number of anilines is 1. The standard InChI is InChI=1S/C17H25N3O2.ClH/c1-12(18)16(21)19-14-10-8-13(9-11-14)17(22)20(2)15-6-4-3-5-7-15;/h8-12,15H,3-7,18H2,1-2H3,(H,19,21);1H/t12-;/m0./s1. The molecule has 2 amide bonds. The monoisotopic (exact) mass is 339 g/mol.